The molecule has 0 bridgehead atoms. The standard InChI is InChI=1S/C14H17F3N2O.2ClH/c1-2-3-4-5-13(20)19-12-7-10(9-18)6-11(8-12)14(15,16)17;;/h2,6-8H,1,3-5,9,18H2,(H,19,20);2*1H. The van der Waals surface area contributed by atoms with Gasteiger partial charge in [-0.05, 0) is 36.6 Å². The van der Waals surface area contributed by atoms with Crippen LogP contribution in [0.3, 0.4) is 0 Å². The lowest BCUT2D eigenvalue weighted by atomic mass is 10.1. The maximum absolute atomic E-state index is 12.7. The highest BCUT2D eigenvalue weighted by atomic mass is 35.5. The van der Waals surface area contributed by atoms with Gasteiger partial charge in [-0.2, -0.15) is 13.2 Å². The van der Waals surface area contributed by atoms with E-state index in [1.807, 2.05) is 0 Å². The van der Waals surface area contributed by atoms with E-state index in [2.05, 4.69) is 11.9 Å². The normalized spacial score (nSPS) is 10.2. The highest BCUT2D eigenvalue weighted by molar-refractivity contribution is 5.90. The number of nitrogens with one attached hydrogen (secondary N) is 1. The zero-order valence-corrected chi connectivity index (χ0v) is 13.4. The van der Waals surface area contributed by atoms with Crippen LogP contribution in [0.1, 0.15) is 30.4 Å². The van der Waals surface area contributed by atoms with Gasteiger partial charge in [0.15, 0.2) is 0 Å². The second kappa shape index (κ2) is 10.5. The van der Waals surface area contributed by atoms with Crippen LogP contribution in [-0.2, 0) is 17.5 Å². The SMILES string of the molecule is C=CCCCC(=O)Nc1cc(CN)cc(C(F)(F)F)c1.Cl.Cl. The third-order valence-corrected chi connectivity index (χ3v) is 2.65. The Kier molecular flexibility index (Phi) is 11.0. The Bertz CT molecular complexity index is 493. The van der Waals surface area contributed by atoms with Gasteiger partial charge in [-0.1, -0.05) is 6.08 Å². The first-order chi connectivity index (χ1) is 9.36. The molecule has 0 aliphatic rings. The molecule has 0 aromatic heterocycles. The highest BCUT2D eigenvalue weighted by Crippen LogP contribution is 2.32. The smallest absolute Gasteiger partial charge is 0.326 e. The van der Waals surface area contributed by atoms with E-state index >= 15 is 0 Å². The summed E-state index contributed by atoms with van der Waals surface area (Å²) in [7, 11) is 0. The van der Waals surface area contributed by atoms with Gasteiger partial charge in [0.1, 0.15) is 0 Å². The number of benzene rings is 1. The average Bonchev–Trinajstić information content (AvgIpc) is 2.37. The second-order valence-electron chi connectivity index (χ2n) is 4.35. The van der Waals surface area contributed by atoms with Crippen LogP contribution < -0.4 is 11.1 Å². The van der Waals surface area contributed by atoms with E-state index in [1.165, 1.54) is 6.07 Å². The predicted octanol–water partition coefficient (Wildman–Crippen LogP) is 4.30. The van der Waals surface area contributed by atoms with E-state index in [0.29, 0.717) is 18.4 Å². The third-order valence-electron chi connectivity index (χ3n) is 2.65. The quantitative estimate of drug-likeness (QED) is 0.588. The number of carbonyl (C=O) groups is 1. The van der Waals surface area contributed by atoms with E-state index in [4.69, 9.17) is 5.73 Å². The molecular formula is C14H19Cl2F3N2O. The summed E-state index contributed by atoms with van der Waals surface area (Å²) in [5, 5.41) is 2.46. The first kappa shape index (κ1) is 23.0. The lowest BCUT2D eigenvalue weighted by Gasteiger charge is -2.12. The largest absolute Gasteiger partial charge is 0.416 e. The molecule has 8 heteroatoms. The molecule has 0 aliphatic heterocycles. The monoisotopic (exact) mass is 358 g/mol. The van der Waals surface area contributed by atoms with Gasteiger partial charge in [-0.3, -0.25) is 4.79 Å². The number of nitrogens with two attached hydrogens (primary N) is 1. The Hall–Kier alpha value is -1.24. The van der Waals surface area contributed by atoms with Crippen LogP contribution in [0.2, 0.25) is 0 Å². The number of hydrogen-bond acceptors (Lipinski definition) is 2. The number of alkyl halides is 3. The van der Waals surface area contributed by atoms with Crippen molar-refractivity contribution >= 4 is 36.4 Å². The van der Waals surface area contributed by atoms with Crippen LogP contribution in [0.15, 0.2) is 30.9 Å². The second-order valence-corrected chi connectivity index (χ2v) is 4.35. The number of anilines is 1. The van der Waals surface area contributed by atoms with Crippen molar-refractivity contribution in [3.05, 3.63) is 42.0 Å². The topological polar surface area (TPSA) is 55.1 Å². The van der Waals surface area contributed by atoms with Crippen LogP contribution in [0.25, 0.3) is 0 Å². The van der Waals surface area contributed by atoms with Crippen molar-refractivity contribution in [2.45, 2.75) is 32.0 Å². The number of carbonyl (C=O) groups excluding carboxylic acids is 1. The van der Waals surface area contributed by atoms with Crippen molar-refractivity contribution < 1.29 is 18.0 Å². The number of rotatable bonds is 6. The Balaban J connectivity index is 0. The van der Waals surface area contributed by atoms with Gasteiger partial charge in [0.2, 0.25) is 5.91 Å². The summed E-state index contributed by atoms with van der Waals surface area (Å²) in [4.78, 5) is 11.6. The fourth-order valence-corrected chi connectivity index (χ4v) is 1.68. The Labute approximate surface area is 140 Å². The molecule has 0 fully saturated rings. The first-order valence-electron chi connectivity index (χ1n) is 6.18. The molecule has 0 spiro atoms. The summed E-state index contributed by atoms with van der Waals surface area (Å²) in [6.07, 6.45) is -1.25. The zero-order chi connectivity index (χ0) is 15.2. The first-order valence-corrected chi connectivity index (χ1v) is 6.18. The maximum atomic E-state index is 12.7. The van der Waals surface area contributed by atoms with Crippen LogP contribution in [0.4, 0.5) is 18.9 Å². The minimum absolute atomic E-state index is 0. The summed E-state index contributed by atoms with van der Waals surface area (Å²) in [5.41, 5.74) is 4.99. The molecule has 1 rings (SSSR count). The van der Waals surface area contributed by atoms with E-state index in [9.17, 15) is 18.0 Å². The summed E-state index contributed by atoms with van der Waals surface area (Å²) < 4.78 is 38.1. The summed E-state index contributed by atoms with van der Waals surface area (Å²) >= 11 is 0. The molecule has 0 atom stereocenters. The average molecular weight is 359 g/mol. The molecule has 1 amide bonds. The zero-order valence-electron chi connectivity index (χ0n) is 11.8. The molecule has 1 aromatic rings. The van der Waals surface area contributed by atoms with Crippen LogP contribution in [0.5, 0.6) is 0 Å². The highest BCUT2D eigenvalue weighted by Gasteiger charge is 2.31. The summed E-state index contributed by atoms with van der Waals surface area (Å²) in [5.74, 6) is -0.325. The summed E-state index contributed by atoms with van der Waals surface area (Å²) in [6, 6.07) is 3.33. The lowest BCUT2D eigenvalue weighted by Crippen LogP contribution is -2.14. The number of halogens is 5. The lowest BCUT2D eigenvalue weighted by molar-refractivity contribution is -0.137. The molecule has 126 valence electrons. The predicted molar refractivity (Wildman–Crippen MR) is 86.5 cm³/mol. The Morgan fingerprint density at radius 2 is 1.91 bits per heavy atom. The molecule has 0 aliphatic carbocycles. The van der Waals surface area contributed by atoms with Gasteiger partial charge in [0.25, 0.3) is 0 Å². The van der Waals surface area contributed by atoms with Gasteiger partial charge in [-0.15, -0.1) is 31.4 Å². The molecule has 22 heavy (non-hydrogen) atoms. The molecular weight excluding hydrogens is 340 g/mol. The Morgan fingerprint density at radius 1 is 1.27 bits per heavy atom. The van der Waals surface area contributed by atoms with Crippen molar-refractivity contribution in [3.8, 4) is 0 Å². The molecule has 0 saturated carbocycles. The minimum Gasteiger partial charge on any atom is -0.326 e. The third kappa shape index (κ3) is 7.68. The summed E-state index contributed by atoms with van der Waals surface area (Å²) in [6.45, 7) is 3.51. The number of unbranched alkanes of at least 4 members (excludes halogenated alkanes) is 1. The Morgan fingerprint density at radius 3 is 2.41 bits per heavy atom. The molecule has 1 aromatic carbocycles. The fourth-order valence-electron chi connectivity index (χ4n) is 1.68. The minimum atomic E-state index is -4.46. The van der Waals surface area contributed by atoms with Crippen molar-refractivity contribution in [1.82, 2.24) is 0 Å². The van der Waals surface area contributed by atoms with Crippen LogP contribution in [-0.4, -0.2) is 5.91 Å². The molecule has 3 nitrogen and oxygen atoms in total. The number of hydrogen-bond donors (Lipinski definition) is 2. The van der Waals surface area contributed by atoms with Gasteiger partial charge in [0, 0.05) is 18.7 Å². The van der Waals surface area contributed by atoms with E-state index < -0.39 is 11.7 Å². The van der Waals surface area contributed by atoms with Gasteiger partial charge in [-0.25, -0.2) is 0 Å². The fraction of sp³-hybridized carbons (Fsp3) is 0.357. The van der Waals surface area contributed by atoms with E-state index in [0.717, 1.165) is 12.1 Å². The van der Waals surface area contributed by atoms with Gasteiger partial charge >= 0.3 is 6.18 Å². The molecule has 0 unspecified atom stereocenters. The molecule has 0 saturated heterocycles. The molecule has 0 radical (unpaired) electrons. The van der Waals surface area contributed by atoms with Crippen molar-refractivity contribution in [2.75, 3.05) is 5.32 Å². The van der Waals surface area contributed by atoms with Crippen molar-refractivity contribution in [3.63, 3.8) is 0 Å². The van der Waals surface area contributed by atoms with Crippen LogP contribution >= 0.6 is 24.8 Å². The van der Waals surface area contributed by atoms with E-state index in [-0.39, 0.29) is 49.4 Å². The number of amides is 1. The molecule has 3 N–H and O–H groups in total. The van der Waals surface area contributed by atoms with E-state index in [1.54, 1.807) is 6.08 Å². The van der Waals surface area contributed by atoms with Crippen molar-refractivity contribution in [1.29, 1.82) is 0 Å². The van der Waals surface area contributed by atoms with Gasteiger partial charge in [0.05, 0.1) is 5.56 Å². The number of allylic oxidation sites excluding steroid dienone is 1. The van der Waals surface area contributed by atoms with Crippen LogP contribution in [0, 0.1) is 0 Å². The molecule has 0 heterocycles. The van der Waals surface area contributed by atoms with Crippen molar-refractivity contribution in [2.24, 2.45) is 5.73 Å². The maximum Gasteiger partial charge on any atom is 0.416 e. The van der Waals surface area contributed by atoms with Gasteiger partial charge < -0.3 is 11.1 Å².